The highest BCUT2D eigenvalue weighted by atomic mass is 35.5. The van der Waals surface area contributed by atoms with Crippen molar-refractivity contribution in [2.75, 3.05) is 18.1 Å². The number of rotatable bonds is 5. The molecule has 0 aliphatic carbocycles. The lowest BCUT2D eigenvalue weighted by Gasteiger charge is -2.20. The molecule has 26 heavy (non-hydrogen) atoms. The van der Waals surface area contributed by atoms with Gasteiger partial charge in [0.25, 0.3) is 0 Å². The number of nitrogens with zero attached hydrogens (tertiary/aromatic N) is 1. The Balaban J connectivity index is 1.42. The minimum atomic E-state index is -0.120. The first kappa shape index (κ1) is 19.0. The summed E-state index contributed by atoms with van der Waals surface area (Å²) in [6.07, 6.45) is 1.81. The lowest BCUT2D eigenvalue weighted by Crippen LogP contribution is -2.41. The number of nitrogens with one attached hydrogen (secondary N) is 1. The van der Waals surface area contributed by atoms with Crippen molar-refractivity contribution in [2.45, 2.75) is 19.3 Å². The number of carbonyl (C=O) groups is 1. The topological polar surface area (TPSA) is 41.6 Å². The predicted molar refractivity (Wildman–Crippen MR) is 109 cm³/mol. The third-order valence-corrected chi connectivity index (χ3v) is 4.93. The van der Waals surface area contributed by atoms with E-state index in [1.54, 1.807) is 18.2 Å². The zero-order chi connectivity index (χ0) is 18.5. The summed E-state index contributed by atoms with van der Waals surface area (Å²) in [5, 5.41) is 4.25. The summed E-state index contributed by atoms with van der Waals surface area (Å²) in [6, 6.07) is 13.1. The van der Waals surface area contributed by atoms with Crippen LogP contribution in [0.15, 0.2) is 42.5 Å². The Morgan fingerprint density at radius 1 is 1.23 bits per heavy atom. The maximum Gasteiger partial charge on any atom is 0.226 e. The zero-order valence-electron chi connectivity index (χ0n) is 14.0. The molecule has 7 heteroatoms. The molecule has 0 aromatic heterocycles. The maximum atomic E-state index is 12.1. The van der Waals surface area contributed by atoms with Gasteiger partial charge in [-0.25, -0.2) is 0 Å². The standard InChI is InChI=1S/C19H18Cl2N2O2S/c20-14-7-8-17(15(21)12-14)25-11-3-6-18(24)22-19(26)23-10-9-13-4-1-2-5-16(13)23/h1-2,4-5,7-8,12H,3,6,9-11H2,(H,22,24,26). The van der Waals surface area contributed by atoms with Crippen molar-refractivity contribution in [2.24, 2.45) is 0 Å². The van der Waals surface area contributed by atoms with Gasteiger partial charge in [-0.15, -0.1) is 0 Å². The Labute approximate surface area is 168 Å². The Morgan fingerprint density at radius 3 is 2.85 bits per heavy atom. The largest absolute Gasteiger partial charge is 0.492 e. The van der Waals surface area contributed by atoms with Gasteiger partial charge >= 0.3 is 0 Å². The molecule has 0 atom stereocenters. The monoisotopic (exact) mass is 408 g/mol. The van der Waals surface area contributed by atoms with Crippen LogP contribution in [0.3, 0.4) is 0 Å². The van der Waals surface area contributed by atoms with Gasteiger partial charge in [0, 0.05) is 23.7 Å². The molecule has 3 rings (SSSR count). The van der Waals surface area contributed by atoms with E-state index in [0.717, 1.165) is 18.7 Å². The fourth-order valence-electron chi connectivity index (χ4n) is 2.81. The van der Waals surface area contributed by atoms with Crippen LogP contribution < -0.4 is 15.0 Å². The highest BCUT2D eigenvalue weighted by Gasteiger charge is 2.22. The zero-order valence-corrected chi connectivity index (χ0v) is 16.3. The van der Waals surface area contributed by atoms with Gasteiger partial charge in [0.15, 0.2) is 5.11 Å². The molecular formula is C19H18Cl2N2O2S. The molecule has 0 radical (unpaired) electrons. The molecule has 0 fully saturated rings. The molecule has 0 saturated carbocycles. The summed E-state index contributed by atoms with van der Waals surface area (Å²) in [6.45, 7) is 1.17. The smallest absolute Gasteiger partial charge is 0.226 e. The molecule has 1 aliphatic rings. The summed E-state index contributed by atoms with van der Waals surface area (Å²) < 4.78 is 5.58. The number of ether oxygens (including phenoxy) is 1. The number of para-hydroxylation sites is 1. The molecule has 1 aliphatic heterocycles. The summed E-state index contributed by atoms with van der Waals surface area (Å²) in [5.74, 6) is 0.436. The van der Waals surface area contributed by atoms with Crippen molar-refractivity contribution in [3.05, 3.63) is 58.1 Å². The number of carbonyl (C=O) groups excluding carboxylic acids is 1. The van der Waals surface area contributed by atoms with E-state index in [-0.39, 0.29) is 5.91 Å². The number of thiocarbonyl (C=S) groups is 1. The minimum absolute atomic E-state index is 0.120. The fourth-order valence-corrected chi connectivity index (χ4v) is 3.57. The highest BCUT2D eigenvalue weighted by molar-refractivity contribution is 7.80. The van der Waals surface area contributed by atoms with E-state index in [0.29, 0.717) is 40.4 Å². The van der Waals surface area contributed by atoms with Crippen molar-refractivity contribution in [3.8, 4) is 5.75 Å². The quantitative estimate of drug-likeness (QED) is 0.578. The number of anilines is 1. The first-order valence-corrected chi connectivity index (χ1v) is 9.48. The van der Waals surface area contributed by atoms with Gasteiger partial charge in [0.1, 0.15) is 5.75 Å². The van der Waals surface area contributed by atoms with E-state index in [9.17, 15) is 4.79 Å². The molecule has 0 saturated heterocycles. The molecule has 136 valence electrons. The van der Waals surface area contributed by atoms with Crippen molar-refractivity contribution < 1.29 is 9.53 Å². The third-order valence-electron chi connectivity index (χ3n) is 4.08. The second kappa shape index (κ2) is 8.71. The van der Waals surface area contributed by atoms with Crippen LogP contribution in [0.25, 0.3) is 0 Å². The molecule has 2 aromatic rings. The van der Waals surface area contributed by atoms with Crippen LogP contribution in [0.2, 0.25) is 10.0 Å². The van der Waals surface area contributed by atoms with Crippen LogP contribution >= 0.6 is 35.4 Å². The molecule has 1 heterocycles. The van der Waals surface area contributed by atoms with Crippen LogP contribution in [0, 0.1) is 0 Å². The normalized spacial score (nSPS) is 12.6. The van der Waals surface area contributed by atoms with Gasteiger partial charge in [0.05, 0.1) is 11.6 Å². The van der Waals surface area contributed by atoms with E-state index in [1.807, 2.05) is 23.1 Å². The number of amides is 1. The van der Waals surface area contributed by atoms with Crippen molar-refractivity contribution >= 4 is 52.1 Å². The lowest BCUT2D eigenvalue weighted by molar-refractivity contribution is -0.119. The van der Waals surface area contributed by atoms with Gasteiger partial charge in [-0.05, 0) is 54.9 Å². The van der Waals surface area contributed by atoms with Gasteiger partial charge < -0.3 is 15.0 Å². The Kier molecular flexibility index (Phi) is 6.35. The van der Waals surface area contributed by atoms with Gasteiger partial charge in [-0.2, -0.15) is 0 Å². The Morgan fingerprint density at radius 2 is 2.04 bits per heavy atom. The average Bonchev–Trinajstić information content (AvgIpc) is 3.04. The van der Waals surface area contributed by atoms with E-state index < -0.39 is 0 Å². The summed E-state index contributed by atoms with van der Waals surface area (Å²) in [5.41, 5.74) is 2.32. The fraction of sp³-hybridized carbons (Fsp3) is 0.263. The van der Waals surface area contributed by atoms with Gasteiger partial charge in [0.2, 0.25) is 5.91 Å². The number of benzene rings is 2. The van der Waals surface area contributed by atoms with E-state index >= 15 is 0 Å². The third kappa shape index (κ3) is 4.67. The van der Waals surface area contributed by atoms with Gasteiger partial charge in [-0.1, -0.05) is 41.4 Å². The van der Waals surface area contributed by atoms with E-state index in [1.165, 1.54) is 5.56 Å². The van der Waals surface area contributed by atoms with Crippen molar-refractivity contribution in [1.82, 2.24) is 5.32 Å². The highest BCUT2D eigenvalue weighted by Crippen LogP contribution is 2.28. The molecular weight excluding hydrogens is 391 g/mol. The van der Waals surface area contributed by atoms with Crippen molar-refractivity contribution in [1.29, 1.82) is 0 Å². The molecule has 1 N–H and O–H groups in total. The molecule has 0 unspecified atom stereocenters. The summed E-state index contributed by atoms with van der Waals surface area (Å²) in [7, 11) is 0. The van der Waals surface area contributed by atoms with Crippen LogP contribution in [-0.2, 0) is 11.2 Å². The Hall–Kier alpha value is -1.82. The van der Waals surface area contributed by atoms with Crippen LogP contribution in [0.1, 0.15) is 18.4 Å². The molecule has 4 nitrogen and oxygen atoms in total. The van der Waals surface area contributed by atoms with E-state index in [2.05, 4.69) is 11.4 Å². The van der Waals surface area contributed by atoms with Crippen LogP contribution in [0.4, 0.5) is 5.69 Å². The summed E-state index contributed by atoms with van der Waals surface area (Å²) >= 11 is 17.3. The second-order valence-electron chi connectivity index (χ2n) is 5.91. The SMILES string of the molecule is O=C(CCCOc1ccc(Cl)cc1Cl)NC(=S)N1CCc2ccccc21. The second-order valence-corrected chi connectivity index (χ2v) is 7.14. The van der Waals surface area contributed by atoms with E-state index in [4.69, 9.17) is 40.2 Å². The molecule has 0 spiro atoms. The molecule has 0 bridgehead atoms. The maximum absolute atomic E-state index is 12.1. The van der Waals surface area contributed by atoms with Crippen LogP contribution in [0.5, 0.6) is 5.75 Å². The number of halogens is 2. The van der Waals surface area contributed by atoms with Gasteiger partial charge in [-0.3, -0.25) is 4.79 Å². The summed E-state index contributed by atoms with van der Waals surface area (Å²) in [4.78, 5) is 14.1. The lowest BCUT2D eigenvalue weighted by atomic mass is 10.2. The molecule has 1 amide bonds. The first-order chi connectivity index (χ1) is 12.5. The van der Waals surface area contributed by atoms with Crippen LogP contribution in [-0.4, -0.2) is 24.2 Å². The number of fused-ring (bicyclic) bond motifs is 1. The number of hydrogen-bond acceptors (Lipinski definition) is 3. The minimum Gasteiger partial charge on any atom is -0.492 e. The first-order valence-electron chi connectivity index (χ1n) is 8.31. The average molecular weight is 409 g/mol. The van der Waals surface area contributed by atoms with Crippen molar-refractivity contribution in [3.63, 3.8) is 0 Å². The predicted octanol–water partition coefficient (Wildman–Crippen LogP) is 4.62. The number of hydrogen-bond donors (Lipinski definition) is 1. The molecule has 2 aromatic carbocycles. The Bertz CT molecular complexity index is 829.